The second-order valence-corrected chi connectivity index (χ2v) is 8.28. The maximum atomic E-state index is 13.2. The largest absolute Gasteiger partial charge is 0.371 e. The molecule has 5 heteroatoms. The summed E-state index contributed by atoms with van der Waals surface area (Å²) in [5, 5.41) is 1.87. The molecular weight excluding hydrogens is 380 g/mol. The molecule has 1 saturated heterocycles. The van der Waals surface area contributed by atoms with Gasteiger partial charge in [0.05, 0.1) is 10.4 Å². The Hall–Kier alpha value is -2.92. The van der Waals surface area contributed by atoms with Crippen molar-refractivity contribution in [2.24, 2.45) is 0 Å². The third-order valence-corrected chi connectivity index (χ3v) is 6.21. The molecule has 2 heterocycles. The summed E-state index contributed by atoms with van der Waals surface area (Å²) in [7, 11) is 1.80. The number of hydrogen-bond donors (Lipinski definition) is 0. The van der Waals surface area contributed by atoms with Crippen molar-refractivity contribution in [2.75, 3.05) is 25.0 Å². The molecule has 4 nitrogen and oxygen atoms in total. The van der Waals surface area contributed by atoms with Crippen LogP contribution in [0.2, 0.25) is 0 Å². The first-order chi connectivity index (χ1) is 14.1. The molecule has 148 valence electrons. The van der Waals surface area contributed by atoms with Crippen LogP contribution < -0.4 is 4.90 Å². The fourth-order valence-electron chi connectivity index (χ4n) is 3.85. The molecule has 0 bridgehead atoms. The van der Waals surface area contributed by atoms with Crippen LogP contribution >= 0.6 is 11.3 Å². The summed E-state index contributed by atoms with van der Waals surface area (Å²) in [5.41, 5.74) is 3.24. The number of carbonyl (C=O) groups is 2. The monoisotopic (exact) mass is 404 g/mol. The molecule has 0 unspecified atom stereocenters. The normalized spacial score (nSPS) is 13.5. The number of thiophene rings is 1. The SMILES string of the molecule is CN(Cc1ccccc1N1CCCC1)C(=O)c1ccccc1C(=O)c1cccs1. The number of ketones is 1. The van der Waals surface area contributed by atoms with Crippen LogP contribution in [-0.2, 0) is 6.54 Å². The molecule has 4 rings (SSSR count). The minimum atomic E-state index is -0.137. The van der Waals surface area contributed by atoms with Crippen LogP contribution in [0.4, 0.5) is 5.69 Å². The van der Waals surface area contributed by atoms with Crippen molar-refractivity contribution in [3.63, 3.8) is 0 Å². The lowest BCUT2D eigenvalue weighted by Crippen LogP contribution is -2.29. The van der Waals surface area contributed by atoms with Gasteiger partial charge in [0.2, 0.25) is 5.78 Å². The average molecular weight is 405 g/mol. The number of benzene rings is 2. The van der Waals surface area contributed by atoms with Gasteiger partial charge >= 0.3 is 0 Å². The van der Waals surface area contributed by atoms with Crippen molar-refractivity contribution in [3.05, 3.63) is 87.6 Å². The number of hydrogen-bond acceptors (Lipinski definition) is 4. The Morgan fingerprint density at radius 1 is 0.931 bits per heavy atom. The van der Waals surface area contributed by atoms with Gasteiger partial charge in [-0.2, -0.15) is 0 Å². The van der Waals surface area contributed by atoms with E-state index in [1.807, 2.05) is 29.6 Å². The molecule has 1 fully saturated rings. The Morgan fingerprint density at radius 3 is 2.34 bits per heavy atom. The summed E-state index contributed by atoms with van der Waals surface area (Å²) in [6.07, 6.45) is 2.42. The van der Waals surface area contributed by atoms with E-state index < -0.39 is 0 Å². The highest BCUT2D eigenvalue weighted by atomic mass is 32.1. The van der Waals surface area contributed by atoms with Crippen LogP contribution in [0.5, 0.6) is 0 Å². The molecule has 3 aromatic rings. The summed E-state index contributed by atoms with van der Waals surface area (Å²) < 4.78 is 0. The van der Waals surface area contributed by atoms with E-state index in [-0.39, 0.29) is 11.7 Å². The van der Waals surface area contributed by atoms with Gasteiger partial charge in [-0.25, -0.2) is 0 Å². The van der Waals surface area contributed by atoms with E-state index in [1.54, 1.807) is 36.2 Å². The number of carbonyl (C=O) groups excluding carboxylic acids is 2. The second-order valence-electron chi connectivity index (χ2n) is 7.34. The van der Waals surface area contributed by atoms with Gasteiger partial charge in [0.15, 0.2) is 0 Å². The first-order valence-electron chi connectivity index (χ1n) is 9.90. The van der Waals surface area contributed by atoms with E-state index in [2.05, 4.69) is 17.0 Å². The number of rotatable bonds is 6. The highest BCUT2D eigenvalue weighted by molar-refractivity contribution is 7.12. The average Bonchev–Trinajstić information content (AvgIpc) is 3.47. The van der Waals surface area contributed by atoms with Gasteiger partial charge in [0, 0.05) is 37.9 Å². The number of para-hydroxylation sites is 1. The summed E-state index contributed by atoms with van der Waals surface area (Å²) in [5.74, 6) is -0.239. The molecular formula is C24H24N2O2S. The van der Waals surface area contributed by atoms with E-state index in [9.17, 15) is 9.59 Å². The first-order valence-corrected chi connectivity index (χ1v) is 10.8. The molecule has 0 radical (unpaired) electrons. The molecule has 1 aliphatic rings. The highest BCUT2D eigenvalue weighted by Crippen LogP contribution is 2.26. The third-order valence-electron chi connectivity index (χ3n) is 5.34. The minimum absolute atomic E-state index is 0.102. The highest BCUT2D eigenvalue weighted by Gasteiger charge is 2.22. The maximum absolute atomic E-state index is 13.2. The van der Waals surface area contributed by atoms with Crippen molar-refractivity contribution in [3.8, 4) is 0 Å². The Bertz CT molecular complexity index is 1010. The van der Waals surface area contributed by atoms with Crippen LogP contribution in [-0.4, -0.2) is 36.7 Å². The van der Waals surface area contributed by atoms with Gasteiger partial charge in [0.25, 0.3) is 5.91 Å². The topological polar surface area (TPSA) is 40.6 Å². The molecule has 1 amide bonds. The summed E-state index contributed by atoms with van der Waals surface area (Å²) in [6.45, 7) is 2.63. The van der Waals surface area contributed by atoms with Crippen molar-refractivity contribution < 1.29 is 9.59 Å². The van der Waals surface area contributed by atoms with Gasteiger partial charge in [-0.15, -0.1) is 11.3 Å². The summed E-state index contributed by atoms with van der Waals surface area (Å²) >= 11 is 1.39. The maximum Gasteiger partial charge on any atom is 0.254 e. The summed E-state index contributed by atoms with van der Waals surface area (Å²) in [6, 6.07) is 19.0. The molecule has 0 N–H and O–H groups in total. The van der Waals surface area contributed by atoms with Gasteiger partial charge in [-0.05, 0) is 42.0 Å². The zero-order valence-electron chi connectivity index (χ0n) is 16.5. The van der Waals surface area contributed by atoms with Gasteiger partial charge in [0.1, 0.15) is 0 Å². The smallest absolute Gasteiger partial charge is 0.254 e. The molecule has 0 atom stereocenters. The lowest BCUT2D eigenvalue weighted by atomic mass is 10.0. The van der Waals surface area contributed by atoms with Crippen molar-refractivity contribution >= 4 is 28.7 Å². The van der Waals surface area contributed by atoms with E-state index in [1.165, 1.54) is 29.9 Å². The van der Waals surface area contributed by atoms with E-state index >= 15 is 0 Å². The molecule has 0 aliphatic carbocycles. The van der Waals surface area contributed by atoms with E-state index in [0.29, 0.717) is 22.5 Å². The number of nitrogens with zero attached hydrogens (tertiary/aromatic N) is 2. The zero-order chi connectivity index (χ0) is 20.2. The molecule has 1 aliphatic heterocycles. The molecule has 0 saturated carbocycles. The van der Waals surface area contributed by atoms with Gasteiger partial charge in [-0.3, -0.25) is 9.59 Å². The van der Waals surface area contributed by atoms with Crippen LogP contribution in [0.1, 0.15) is 44.0 Å². The molecule has 0 spiro atoms. The van der Waals surface area contributed by atoms with Crippen LogP contribution in [0.3, 0.4) is 0 Å². The Morgan fingerprint density at radius 2 is 1.62 bits per heavy atom. The van der Waals surface area contributed by atoms with Crippen molar-refractivity contribution in [1.29, 1.82) is 0 Å². The quantitative estimate of drug-likeness (QED) is 0.552. The minimum Gasteiger partial charge on any atom is -0.371 e. The second kappa shape index (κ2) is 8.62. The fourth-order valence-corrected chi connectivity index (χ4v) is 4.53. The van der Waals surface area contributed by atoms with E-state index in [4.69, 9.17) is 0 Å². The van der Waals surface area contributed by atoms with Crippen LogP contribution in [0.25, 0.3) is 0 Å². The predicted octanol–water partition coefficient (Wildman–Crippen LogP) is 4.85. The van der Waals surface area contributed by atoms with Crippen molar-refractivity contribution in [1.82, 2.24) is 4.90 Å². The lowest BCUT2D eigenvalue weighted by Gasteiger charge is -2.25. The zero-order valence-corrected chi connectivity index (χ0v) is 17.3. The molecule has 1 aromatic heterocycles. The lowest BCUT2D eigenvalue weighted by molar-refractivity contribution is 0.0780. The van der Waals surface area contributed by atoms with Crippen LogP contribution in [0.15, 0.2) is 66.0 Å². The number of amides is 1. The molecule has 29 heavy (non-hydrogen) atoms. The Labute approximate surface area is 175 Å². The summed E-state index contributed by atoms with van der Waals surface area (Å²) in [4.78, 5) is 30.9. The number of anilines is 1. The standard InChI is InChI=1S/C24H24N2O2S/c1-25(17-18-9-2-5-12-21(18)26-14-6-7-15-26)24(28)20-11-4-3-10-19(20)23(27)22-13-8-16-29-22/h2-5,8-13,16H,6-7,14-15,17H2,1H3. The van der Waals surface area contributed by atoms with Gasteiger partial charge in [-0.1, -0.05) is 42.5 Å². The Kier molecular flexibility index (Phi) is 5.76. The third kappa shape index (κ3) is 4.10. The first kappa shape index (κ1) is 19.4. The van der Waals surface area contributed by atoms with Crippen molar-refractivity contribution in [2.45, 2.75) is 19.4 Å². The van der Waals surface area contributed by atoms with Crippen LogP contribution in [0, 0.1) is 0 Å². The molecule has 2 aromatic carbocycles. The van der Waals surface area contributed by atoms with Gasteiger partial charge < -0.3 is 9.80 Å². The van der Waals surface area contributed by atoms with E-state index in [0.717, 1.165) is 18.7 Å². The predicted molar refractivity (Wildman–Crippen MR) is 118 cm³/mol. The fraction of sp³-hybridized carbons (Fsp3) is 0.250. The Balaban J connectivity index is 1.58.